The largest absolute Gasteiger partial charge is 0.463 e. The third kappa shape index (κ3) is 6.84. The minimum Gasteiger partial charge on any atom is -0.463 e. The van der Waals surface area contributed by atoms with Crippen LogP contribution in [0.2, 0.25) is 0 Å². The number of halogens is 4. The molecule has 198 valence electrons. The van der Waals surface area contributed by atoms with Gasteiger partial charge in [0.05, 0.1) is 0 Å². The van der Waals surface area contributed by atoms with E-state index in [0.717, 1.165) is 23.5 Å². The minimum absolute atomic E-state index is 0.0519. The molecule has 0 amide bonds. The summed E-state index contributed by atoms with van der Waals surface area (Å²) in [5, 5.41) is 10.0. The molecule has 0 spiro atoms. The fourth-order valence-electron chi connectivity index (χ4n) is 3.84. The maximum atomic E-state index is 14.5. The van der Waals surface area contributed by atoms with E-state index < -0.39 is 42.6 Å². The molecule has 2 aromatic rings. The van der Waals surface area contributed by atoms with Crippen LogP contribution >= 0.6 is 23.2 Å². The smallest absolute Gasteiger partial charge is 0.351 e. The third-order valence-corrected chi connectivity index (χ3v) is 6.09. The Bertz CT molecular complexity index is 1070. The Morgan fingerprint density at radius 2 is 1.89 bits per heavy atom. The maximum Gasteiger partial charge on any atom is 0.351 e. The lowest BCUT2D eigenvalue weighted by Gasteiger charge is -2.23. The lowest BCUT2D eigenvalue weighted by Crippen LogP contribution is -2.42. The normalized spacial score (nSPS) is 20.9. The Balaban J connectivity index is 1.47. The number of hydrogen-bond donors (Lipinski definition) is 2. The monoisotopic (exact) mass is 548 g/mol. The topological polar surface area (TPSA) is 120 Å². The molecule has 3 atom stereocenters. The number of nitrogens with zero attached hydrogens (tertiary/aromatic N) is 3. The second-order valence-electron chi connectivity index (χ2n) is 8.26. The zero-order valence-corrected chi connectivity index (χ0v) is 20.9. The first-order valence-corrected chi connectivity index (χ1v) is 12.4. The summed E-state index contributed by atoms with van der Waals surface area (Å²) in [6.45, 7) is 0.771. The number of rotatable bonds is 12. The first kappa shape index (κ1) is 28.1. The van der Waals surface area contributed by atoms with Crippen molar-refractivity contribution in [2.45, 2.75) is 43.6 Å². The van der Waals surface area contributed by atoms with Crippen molar-refractivity contribution in [1.29, 1.82) is 0 Å². The van der Waals surface area contributed by atoms with Crippen LogP contribution in [-0.2, 0) is 20.7 Å². The zero-order chi connectivity index (χ0) is 26.3. The molecule has 3 N–H and O–H groups in total. The first-order chi connectivity index (χ1) is 17.2. The van der Waals surface area contributed by atoms with E-state index in [2.05, 4.69) is 9.88 Å². The van der Waals surface area contributed by atoms with Gasteiger partial charge >= 0.3 is 17.6 Å². The summed E-state index contributed by atoms with van der Waals surface area (Å²) in [7, 11) is 0. The number of anilines is 2. The van der Waals surface area contributed by atoms with Crippen molar-refractivity contribution in [3.8, 4) is 0 Å². The van der Waals surface area contributed by atoms with Gasteiger partial charge in [-0.25, -0.2) is 4.79 Å². The van der Waals surface area contributed by atoms with E-state index in [9.17, 15) is 23.5 Å². The fourth-order valence-corrected chi connectivity index (χ4v) is 4.25. The molecule has 0 aliphatic carbocycles. The average Bonchev–Trinajstić information content (AvgIpc) is 3.06. The summed E-state index contributed by atoms with van der Waals surface area (Å²) in [6.07, 6.45) is -3.77. The Hall–Kier alpha value is -2.47. The van der Waals surface area contributed by atoms with E-state index in [-0.39, 0.29) is 12.2 Å². The predicted octanol–water partition coefficient (Wildman–Crippen LogP) is 2.57. The molecule has 1 aliphatic heterocycles. The Kier molecular flexibility index (Phi) is 9.89. The SMILES string of the molecule is Nc1ccn(C2OC(COC(=O)CCCc3ccc(N(CCCl)CCCl)cc3)[C@H](O)C2(F)F)c(=O)n1. The molecular weight excluding hydrogens is 521 g/mol. The van der Waals surface area contributed by atoms with Gasteiger partial charge in [0.25, 0.3) is 0 Å². The lowest BCUT2D eigenvalue weighted by molar-refractivity contribution is -0.150. The maximum absolute atomic E-state index is 14.5. The van der Waals surface area contributed by atoms with Crippen molar-refractivity contribution < 1.29 is 28.2 Å². The number of aliphatic hydroxyl groups is 1. The molecule has 13 heteroatoms. The highest BCUT2D eigenvalue weighted by atomic mass is 35.5. The van der Waals surface area contributed by atoms with Crippen LogP contribution in [0.15, 0.2) is 41.3 Å². The first-order valence-electron chi connectivity index (χ1n) is 11.3. The van der Waals surface area contributed by atoms with Crippen LogP contribution in [0.4, 0.5) is 20.3 Å². The Morgan fingerprint density at radius 3 is 2.50 bits per heavy atom. The molecule has 36 heavy (non-hydrogen) atoms. The van der Waals surface area contributed by atoms with Crippen LogP contribution in [0.3, 0.4) is 0 Å². The van der Waals surface area contributed by atoms with E-state index in [0.29, 0.717) is 42.3 Å². The summed E-state index contributed by atoms with van der Waals surface area (Å²) < 4.78 is 39.9. The van der Waals surface area contributed by atoms with Crippen molar-refractivity contribution in [3.63, 3.8) is 0 Å². The number of hydrogen-bond acceptors (Lipinski definition) is 8. The van der Waals surface area contributed by atoms with E-state index in [1.54, 1.807) is 0 Å². The number of aliphatic hydroxyl groups excluding tert-OH is 1. The van der Waals surface area contributed by atoms with Crippen molar-refractivity contribution >= 4 is 40.7 Å². The summed E-state index contributed by atoms with van der Waals surface area (Å²) in [5.41, 5.74) is 6.34. The molecule has 1 aromatic carbocycles. The second-order valence-corrected chi connectivity index (χ2v) is 9.01. The lowest BCUT2D eigenvalue weighted by atomic mass is 10.1. The minimum atomic E-state index is -3.81. The van der Waals surface area contributed by atoms with Crippen molar-refractivity contribution in [3.05, 3.63) is 52.6 Å². The number of ether oxygens (including phenoxy) is 2. The van der Waals surface area contributed by atoms with Gasteiger partial charge < -0.3 is 25.2 Å². The van der Waals surface area contributed by atoms with E-state index in [4.69, 9.17) is 38.4 Å². The van der Waals surface area contributed by atoms with Crippen LogP contribution in [0.25, 0.3) is 0 Å². The Labute approximate surface area is 216 Å². The van der Waals surface area contributed by atoms with Crippen molar-refractivity contribution in [2.75, 3.05) is 42.1 Å². The molecule has 0 radical (unpaired) electrons. The number of carbonyl (C=O) groups is 1. The molecule has 2 unspecified atom stereocenters. The summed E-state index contributed by atoms with van der Waals surface area (Å²) in [4.78, 5) is 29.5. The number of carbonyl (C=O) groups excluding carboxylic acids is 1. The van der Waals surface area contributed by atoms with Gasteiger partial charge in [-0.1, -0.05) is 12.1 Å². The quantitative estimate of drug-likeness (QED) is 0.306. The number of esters is 1. The number of alkyl halides is 4. The molecule has 1 saturated heterocycles. The van der Waals surface area contributed by atoms with Crippen LogP contribution in [0.5, 0.6) is 0 Å². The fraction of sp³-hybridized carbons (Fsp3) is 0.522. The van der Waals surface area contributed by atoms with Gasteiger partial charge in [0.1, 0.15) is 18.5 Å². The molecule has 0 bridgehead atoms. The van der Waals surface area contributed by atoms with Gasteiger partial charge in [0.2, 0.25) is 6.23 Å². The van der Waals surface area contributed by atoms with E-state index in [1.807, 2.05) is 24.3 Å². The van der Waals surface area contributed by atoms with Gasteiger partial charge in [0, 0.05) is 43.2 Å². The number of benzene rings is 1. The van der Waals surface area contributed by atoms with E-state index in [1.165, 1.54) is 0 Å². The molecule has 2 heterocycles. The second kappa shape index (κ2) is 12.7. The number of aromatic nitrogens is 2. The van der Waals surface area contributed by atoms with Crippen LogP contribution in [0, 0.1) is 0 Å². The van der Waals surface area contributed by atoms with Gasteiger partial charge in [0.15, 0.2) is 6.10 Å². The highest BCUT2D eigenvalue weighted by Gasteiger charge is 2.60. The molecule has 1 aliphatic rings. The molecular formula is C23H28Cl2F2N4O5. The van der Waals surface area contributed by atoms with Gasteiger partial charge in [-0.05, 0) is 36.6 Å². The van der Waals surface area contributed by atoms with Crippen LogP contribution in [0.1, 0.15) is 24.6 Å². The zero-order valence-electron chi connectivity index (χ0n) is 19.4. The summed E-state index contributed by atoms with van der Waals surface area (Å²) in [6, 6.07) is 8.99. The molecule has 9 nitrogen and oxygen atoms in total. The molecule has 3 rings (SSSR count). The highest BCUT2D eigenvalue weighted by molar-refractivity contribution is 6.18. The van der Waals surface area contributed by atoms with Gasteiger partial charge in [-0.2, -0.15) is 13.8 Å². The van der Waals surface area contributed by atoms with Crippen LogP contribution in [-0.4, -0.2) is 70.2 Å². The number of nitrogens with two attached hydrogens (primary N) is 1. The standard InChI is InChI=1S/C23H28Cl2F2N4O5/c24-9-12-30(13-10-25)16-6-4-15(5-7-16)2-1-3-19(32)35-14-17-20(33)23(26,27)21(36-17)31-11-8-18(28)29-22(31)34/h4-8,11,17,20-21,33H,1-3,9-10,12-14H2,(H2,28,29,34)/t17?,20-,21?/m0/s1. The number of nitrogen functional groups attached to an aromatic ring is 1. The summed E-state index contributed by atoms with van der Waals surface area (Å²) in [5.74, 6) is -3.60. The molecule has 0 saturated carbocycles. The highest BCUT2D eigenvalue weighted by Crippen LogP contribution is 2.42. The third-order valence-electron chi connectivity index (χ3n) is 5.75. The van der Waals surface area contributed by atoms with Crippen molar-refractivity contribution in [1.82, 2.24) is 9.55 Å². The van der Waals surface area contributed by atoms with Crippen LogP contribution < -0.4 is 16.3 Å². The summed E-state index contributed by atoms with van der Waals surface area (Å²) >= 11 is 11.7. The van der Waals surface area contributed by atoms with Gasteiger partial charge in [-0.15, -0.1) is 23.2 Å². The predicted molar refractivity (Wildman–Crippen MR) is 132 cm³/mol. The number of aryl methyl sites for hydroxylation is 1. The Morgan fingerprint density at radius 1 is 1.22 bits per heavy atom. The average molecular weight is 549 g/mol. The van der Waals surface area contributed by atoms with Gasteiger partial charge in [-0.3, -0.25) is 9.36 Å². The molecule has 1 fully saturated rings. The van der Waals surface area contributed by atoms with E-state index >= 15 is 0 Å². The van der Waals surface area contributed by atoms with Crippen molar-refractivity contribution in [2.24, 2.45) is 0 Å². The molecule has 1 aromatic heterocycles.